The predicted molar refractivity (Wildman–Crippen MR) is 94.7 cm³/mol. The minimum atomic E-state index is -3.68. The Hall–Kier alpha value is -2.10. The van der Waals surface area contributed by atoms with E-state index >= 15 is 0 Å². The van der Waals surface area contributed by atoms with Crippen LogP contribution < -0.4 is 0 Å². The van der Waals surface area contributed by atoms with E-state index in [1.165, 1.54) is 27.8 Å². The summed E-state index contributed by atoms with van der Waals surface area (Å²) in [4.78, 5) is 0.972. The number of hydrogen-bond donors (Lipinski definition) is 0. The molecule has 136 valence electrons. The van der Waals surface area contributed by atoms with Gasteiger partial charge in [-0.3, -0.25) is 0 Å². The average molecular weight is 393 g/mol. The van der Waals surface area contributed by atoms with E-state index in [1.54, 1.807) is 0 Å². The van der Waals surface area contributed by atoms with Crippen molar-refractivity contribution in [2.45, 2.75) is 23.7 Å². The minimum absolute atomic E-state index is 0.0874. The molecule has 0 amide bonds. The number of nitrogens with zero attached hydrogens (tertiary/aromatic N) is 3. The first-order valence-corrected chi connectivity index (χ1v) is 10.5. The van der Waals surface area contributed by atoms with E-state index in [2.05, 4.69) is 10.2 Å². The van der Waals surface area contributed by atoms with Crippen LogP contribution in [-0.2, 0) is 10.0 Å². The van der Waals surface area contributed by atoms with Gasteiger partial charge in [0, 0.05) is 13.1 Å². The first-order chi connectivity index (χ1) is 12.5. The van der Waals surface area contributed by atoms with Gasteiger partial charge < -0.3 is 4.42 Å². The molecular formula is C17H16FN3O3S2. The van der Waals surface area contributed by atoms with Gasteiger partial charge in [-0.25, -0.2) is 12.8 Å². The van der Waals surface area contributed by atoms with Crippen molar-refractivity contribution in [1.82, 2.24) is 14.5 Å². The fraction of sp³-hybridized carbons (Fsp3) is 0.294. The summed E-state index contributed by atoms with van der Waals surface area (Å²) in [6, 6.07) is 8.68. The average Bonchev–Trinajstić information content (AvgIpc) is 3.34. The zero-order valence-corrected chi connectivity index (χ0v) is 15.3. The summed E-state index contributed by atoms with van der Waals surface area (Å²) in [5, 5.41) is 10.1. The Balaban J connectivity index is 1.55. The van der Waals surface area contributed by atoms with Crippen LogP contribution in [0.2, 0.25) is 0 Å². The molecule has 1 fully saturated rings. The fourth-order valence-electron chi connectivity index (χ4n) is 3.02. The number of aromatic nitrogens is 2. The number of halogens is 1. The van der Waals surface area contributed by atoms with Gasteiger partial charge in [0.1, 0.15) is 5.82 Å². The summed E-state index contributed by atoms with van der Waals surface area (Å²) in [6.07, 6.45) is 1.48. The lowest BCUT2D eigenvalue weighted by molar-refractivity contribution is 0.286. The number of rotatable bonds is 4. The summed E-state index contributed by atoms with van der Waals surface area (Å²) in [5.74, 6) is 0.286. The lowest BCUT2D eigenvalue weighted by Crippen LogP contribution is -2.39. The molecule has 3 aromatic rings. The molecule has 3 heterocycles. The van der Waals surface area contributed by atoms with Crippen LogP contribution in [0.25, 0.3) is 10.8 Å². The Morgan fingerprint density at radius 3 is 2.73 bits per heavy atom. The largest absolute Gasteiger partial charge is 0.420 e. The molecule has 1 aliphatic rings. The summed E-state index contributed by atoms with van der Waals surface area (Å²) in [7, 11) is -3.68. The molecular weight excluding hydrogens is 377 g/mol. The Morgan fingerprint density at radius 2 is 2.00 bits per heavy atom. The van der Waals surface area contributed by atoms with E-state index in [4.69, 9.17) is 4.42 Å². The predicted octanol–water partition coefficient (Wildman–Crippen LogP) is 3.51. The lowest BCUT2D eigenvalue weighted by Gasteiger charge is -2.30. The summed E-state index contributed by atoms with van der Waals surface area (Å²) >= 11 is 1.51. The number of thiophene rings is 1. The van der Waals surface area contributed by atoms with Crippen LogP contribution in [0.4, 0.5) is 4.39 Å². The van der Waals surface area contributed by atoms with E-state index in [0.29, 0.717) is 24.7 Å². The zero-order chi connectivity index (χ0) is 18.1. The third-order valence-corrected chi connectivity index (χ3v) is 7.09. The van der Waals surface area contributed by atoms with Crippen LogP contribution >= 0.6 is 11.3 Å². The molecule has 0 aliphatic carbocycles. The maximum atomic E-state index is 13.1. The zero-order valence-electron chi connectivity index (χ0n) is 13.7. The Labute approximate surface area is 154 Å². The molecule has 0 spiro atoms. The smallest absolute Gasteiger partial charge is 0.257 e. The van der Waals surface area contributed by atoms with E-state index in [9.17, 15) is 12.8 Å². The molecule has 0 bridgehead atoms. The van der Waals surface area contributed by atoms with Gasteiger partial charge in [0.2, 0.25) is 15.9 Å². The molecule has 0 saturated carbocycles. The molecule has 0 N–H and O–H groups in total. The highest BCUT2D eigenvalue weighted by molar-refractivity contribution is 7.89. The summed E-state index contributed by atoms with van der Waals surface area (Å²) in [6.45, 7) is 0.688. The molecule has 1 saturated heterocycles. The van der Waals surface area contributed by atoms with Crippen molar-refractivity contribution < 1.29 is 17.2 Å². The number of sulfonamides is 1. The molecule has 1 atom stereocenters. The van der Waals surface area contributed by atoms with Crippen molar-refractivity contribution in [1.29, 1.82) is 0 Å². The fourth-order valence-corrected chi connectivity index (χ4v) is 5.19. The van der Waals surface area contributed by atoms with Gasteiger partial charge in [-0.15, -0.1) is 21.5 Å². The molecule has 6 nitrogen and oxygen atoms in total. The van der Waals surface area contributed by atoms with E-state index in [1.807, 2.05) is 17.5 Å². The van der Waals surface area contributed by atoms with Crippen molar-refractivity contribution in [3.05, 3.63) is 53.5 Å². The van der Waals surface area contributed by atoms with Crippen molar-refractivity contribution in [3.63, 3.8) is 0 Å². The van der Waals surface area contributed by atoms with Gasteiger partial charge in [0.05, 0.1) is 15.7 Å². The van der Waals surface area contributed by atoms with Crippen molar-refractivity contribution in [2.75, 3.05) is 13.1 Å². The summed E-state index contributed by atoms with van der Waals surface area (Å²) in [5.41, 5.74) is 0. The van der Waals surface area contributed by atoms with Crippen LogP contribution in [0.5, 0.6) is 0 Å². The van der Waals surface area contributed by atoms with E-state index < -0.39 is 15.8 Å². The molecule has 1 unspecified atom stereocenters. The maximum Gasteiger partial charge on any atom is 0.257 e. The van der Waals surface area contributed by atoms with Crippen molar-refractivity contribution >= 4 is 21.4 Å². The SMILES string of the molecule is O=S(=O)(c1ccc(F)cc1)N1CCCC(c2nnc(-c3cccs3)o2)C1. The second-order valence-corrected chi connectivity index (χ2v) is 8.96. The second-order valence-electron chi connectivity index (χ2n) is 6.08. The summed E-state index contributed by atoms with van der Waals surface area (Å²) < 4.78 is 45.9. The van der Waals surface area contributed by atoms with Crippen LogP contribution in [-0.4, -0.2) is 36.0 Å². The van der Waals surface area contributed by atoms with Crippen LogP contribution in [0.1, 0.15) is 24.7 Å². The molecule has 1 aliphatic heterocycles. The third-order valence-electron chi connectivity index (χ3n) is 4.36. The lowest BCUT2D eigenvalue weighted by atomic mass is 10.00. The van der Waals surface area contributed by atoms with Crippen LogP contribution in [0.3, 0.4) is 0 Å². The van der Waals surface area contributed by atoms with Gasteiger partial charge in [0.25, 0.3) is 5.89 Å². The first-order valence-electron chi connectivity index (χ1n) is 8.17. The van der Waals surface area contributed by atoms with Crippen molar-refractivity contribution in [3.8, 4) is 10.8 Å². The standard InChI is InChI=1S/C17H16FN3O3S2/c18-13-5-7-14(8-6-13)26(22,23)21-9-1-3-12(11-21)16-19-20-17(24-16)15-4-2-10-25-15/h2,4-8,10,12H,1,3,9,11H2. The van der Waals surface area contributed by atoms with Crippen LogP contribution in [0.15, 0.2) is 51.1 Å². The Morgan fingerprint density at radius 1 is 1.19 bits per heavy atom. The van der Waals surface area contributed by atoms with Gasteiger partial charge >= 0.3 is 0 Å². The van der Waals surface area contributed by atoms with Gasteiger partial charge in [-0.1, -0.05) is 6.07 Å². The van der Waals surface area contributed by atoms with E-state index in [0.717, 1.165) is 23.4 Å². The van der Waals surface area contributed by atoms with Crippen molar-refractivity contribution in [2.24, 2.45) is 0 Å². The molecule has 26 heavy (non-hydrogen) atoms. The maximum absolute atomic E-state index is 13.1. The molecule has 1 aromatic carbocycles. The highest BCUT2D eigenvalue weighted by atomic mass is 32.2. The number of hydrogen-bond acceptors (Lipinski definition) is 6. The monoisotopic (exact) mass is 393 g/mol. The van der Waals surface area contributed by atoms with Gasteiger partial charge in [-0.2, -0.15) is 4.31 Å². The normalized spacial score (nSPS) is 18.9. The van der Waals surface area contributed by atoms with Crippen LogP contribution in [0, 0.1) is 5.82 Å². The molecule has 9 heteroatoms. The highest BCUT2D eigenvalue weighted by Crippen LogP contribution is 2.32. The van der Waals surface area contributed by atoms with Gasteiger partial charge in [0.15, 0.2) is 0 Å². The molecule has 2 aromatic heterocycles. The molecule has 0 radical (unpaired) electrons. The van der Waals surface area contributed by atoms with E-state index in [-0.39, 0.29) is 17.4 Å². The Bertz CT molecular complexity index is 985. The third kappa shape index (κ3) is 3.29. The quantitative estimate of drug-likeness (QED) is 0.678. The minimum Gasteiger partial charge on any atom is -0.420 e. The topological polar surface area (TPSA) is 76.3 Å². The number of benzene rings is 1. The van der Waals surface area contributed by atoms with Gasteiger partial charge in [-0.05, 0) is 48.6 Å². The Kier molecular flexibility index (Phi) is 4.60. The highest BCUT2D eigenvalue weighted by Gasteiger charge is 2.33. The second kappa shape index (κ2) is 6.90. The first kappa shape index (κ1) is 17.3. The number of piperidine rings is 1. The molecule has 4 rings (SSSR count).